The Bertz CT molecular complexity index is 810. The molecule has 4 nitrogen and oxygen atoms in total. The second-order valence-corrected chi connectivity index (χ2v) is 6.99. The monoisotopic (exact) mass is 376 g/mol. The average molecular weight is 377 g/mol. The van der Waals surface area contributed by atoms with E-state index in [4.69, 9.17) is 23.2 Å². The minimum Gasteiger partial charge on any atom is -0.349 e. The van der Waals surface area contributed by atoms with Gasteiger partial charge in [0, 0.05) is 18.0 Å². The zero-order valence-electron chi connectivity index (χ0n) is 13.7. The van der Waals surface area contributed by atoms with Crippen LogP contribution in [0.4, 0.5) is 5.69 Å². The molecule has 1 saturated heterocycles. The number of nitrogens with zero attached hydrogens (tertiary/aromatic N) is 1. The van der Waals surface area contributed by atoms with Crippen LogP contribution in [0.2, 0.25) is 10.0 Å². The number of hydrogen-bond acceptors (Lipinski definition) is 2. The molecule has 0 spiro atoms. The quantitative estimate of drug-likeness (QED) is 0.867. The van der Waals surface area contributed by atoms with Crippen molar-refractivity contribution in [3.63, 3.8) is 0 Å². The molecule has 1 N–H and O–H groups in total. The highest BCUT2D eigenvalue weighted by atomic mass is 35.5. The predicted octanol–water partition coefficient (Wildman–Crippen LogP) is 4.22. The second kappa shape index (κ2) is 7.46. The molecule has 2 aromatic carbocycles. The van der Waals surface area contributed by atoms with Gasteiger partial charge in [0.1, 0.15) is 0 Å². The molecule has 0 radical (unpaired) electrons. The van der Waals surface area contributed by atoms with Gasteiger partial charge in [-0.15, -0.1) is 0 Å². The Morgan fingerprint density at radius 2 is 1.96 bits per heavy atom. The summed E-state index contributed by atoms with van der Waals surface area (Å²) in [5.41, 5.74) is 1.57. The maximum atomic E-state index is 12.6. The molecule has 3 rings (SSSR count). The van der Waals surface area contributed by atoms with Gasteiger partial charge in [-0.05, 0) is 36.8 Å². The number of para-hydroxylation sites is 1. The fourth-order valence-electron chi connectivity index (χ4n) is 2.98. The van der Waals surface area contributed by atoms with Crippen molar-refractivity contribution < 1.29 is 9.59 Å². The summed E-state index contributed by atoms with van der Waals surface area (Å²) in [6.07, 6.45) is 0.180. The van der Waals surface area contributed by atoms with E-state index in [1.807, 2.05) is 37.3 Å². The number of amides is 2. The van der Waals surface area contributed by atoms with Crippen molar-refractivity contribution in [1.29, 1.82) is 0 Å². The second-order valence-electron chi connectivity index (χ2n) is 6.14. The third-order valence-corrected chi connectivity index (χ3v) is 4.90. The Labute approximate surface area is 156 Å². The number of carbonyl (C=O) groups is 2. The molecule has 0 bridgehead atoms. The van der Waals surface area contributed by atoms with Crippen LogP contribution in [-0.2, 0) is 9.59 Å². The summed E-state index contributed by atoms with van der Waals surface area (Å²) in [6.45, 7) is 2.23. The van der Waals surface area contributed by atoms with Crippen molar-refractivity contribution in [1.82, 2.24) is 5.32 Å². The summed E-state index contributed by atoms with van der Waals surface area (Å²) in [5, 5.41) is 4.09. The van der Waals surface area contributed by atoms with Gasteiger partial charge in [-0.3, -0.25) is 9.59 Å². The van der Waals surface area contributed by atoms with Crippen LogP contribution in [0.15, 0.2) is 48.5 Å². The summed E-state index contributed by atoms with van der Waals surface area (Å²) in [6, 6.07) is 14.3. The van der Waals surface area contributed by atoms with E-state index in [2.05, 4.69) is 5.32 Å². The first-order chi connectivity index (χ1) is 12.0. The number of anilines is 1. The van der Waals surface area contributed by atoms with Gasteiger partial charge in [-0.25, -0.2) is 0 Å². The van der Waals surface area contributed by atoms with Gasteiger partial charge in [0.15, 0.2) is 0 Å². The largest absolute Gasteiger partial charge is 0.349 e. The number of halogens is 2. The first kappa shape index (κ1) is 17.8. The molecule has 0 saturated carbocycles. The van der Waals surface area contributed by atoms with E-state index in [9.17, 15) is 9.59 Å². The number of rotatable bonds is 4. The summed E-state index contributed by atoms with van der Waals surface area (Å²) in [4.78, 5) is 26.5. The Morgan fingerprint density at radius 1 is 1.20 bits per heavy atom. The SMILES string of the molecule is CC(NC(=O)C1CC(=O)N(c2ccccc2Cl)C1)c1cccc(Cl)c1. The van der Waals surface area contributed by atoms with Crippen LogP contribution < -0.4 is 10.2 Å². The number of hydrogen-bond donors (Lipinski definition) is 1. The summed E-state index contributed by atoms with van der Waals surface area (Å²) >= 11 is 12.2. The van der Waals surface area contributed by atoms with E-state index in [0.717, 1.165) is 5.56 Å². The summed E-state index contributed by atoms with van der Waals surface area (Å²) < 4.78 is 0. The lowest BCUT2D eigenvalue weighted by Gasteiger charge is -2.19. The Hall–Kier alpha value is -2.04. The van der Waals surface area contributed by atoms with Gasteiger partial charge in [0.25, 0.3) is 0 Å². The minimum absolute atomic E-state index is 0.0938. The normalized spacial score (nSPS) is 18.3. The van der Waals surface area contributed by atoms with E-state index in [0.29, 0.717) is 22.3 Å². The zero-order chi connectivity index (χ0) is 18.0. The standard InChI is InChI=1S/C19H18Cl2N2O2/c1-12(13-5-4-6-15(20)9-13)22-19(25)14-10-18(24)23(11-14)17-8-3-2-7-16(17)21/h2-9,12,14H,10-11H2,1H3,(H,22,25). The predicted molar refractivity (Wildman–Crippen MR) is 99.9 cm³/mol. The molecule has 1 aliphatic heterocycles. The molecular weight excluding hydrogens is 359 g/mol. The third kappa shape index (κ3) is 3.97. The fourth-order valence-corrected chi connectivity index (χ4v) is 3.41. The molecule has 2 amide bonds. The molecule has 1 fully saturated rings. The molecular formula is C19H18Cl2N2O2. The van der Waals surface area contributed by atoms with Crippen LogP contribution in [0.1, 0.15) is 24.9 Å². The van der Waals surface area contributed by atoms with Crippen molar-refractivity contribution in [3.05, 3.63) is 64.1 Å². The number of nitrogens with one attached hydrogen (secondary N) is 1. The Morgan fingerprint density at radius 3 is 2.68 bits per heavy atom. The van der Waals surface area contributed by atoms with Gasteiger partial charge in [-0.2, -0.15) is 0 Å². The molecule has 1 aliphatic rings. The Balaban J connectivity index is 1.68. The molecule has 25 heavy (non-hydrogen) atoms. The van der Waals surface area contributed by atoms with E-state index in [1.54, 1.807) is 23.1 Å². The van der Waals surface area contributed by atoms with Crippen molar-refractivity contribution in [2.75, 3.05) is 11.4 Å². The van der Waals surface area contributed by atoms with Crippen molar-refractivity contribution in [2.45, 2.75) is 19.4 Å². The Kier molecular flexibility index (Phi) is 5.30. The van der Waals surface area contributed by atoms with Crippen LogP contribution in [-0.4, -0.2) is 18.4 Å². The summed E-state index contributed by atoms with van der Waals surface area (Å²) in [7, 11) is 0. The number of benzene rings is 2. The topological polar surface area (TPSA) is 49.4 Å². The van der Waals surface area contributed by atoms with Crippen molar-refractivity contribution >= 4 is 40.7 Å². The molecule has 2 atom stereocenters. The molecule has 130 valence electrons. The zero-order valence-corrected chi connectivity index (χ0v) is 15.2. The lowest BCUT2D eigenvalue weighted by Crippen LogP contribution is -2.34. The molecule has 2 aromatic rings. The molecule has 0 aromatic heterocycles. The van der Waals surface area contributed by atoms with Crippen LogP contribution in [0, 0.1) is 5.92 Å². The molecule has 0 aliphatic carbocycles. The first-order valence-corrected chi connectivity index (χ1v) is 8.82. The van der Waals surface area contributed by atoms with Gasteiger partial charge >= 0.3 is 0 Å². The maximum Gasteiger partial charge on any atom is 0.227 e. The lowest BCUT2D eigenvalue weighted by molar-refractivity contribution is -0.126. The van der Waals surface area contributed by atoms with Crippen LogP contribution in [0.25, 0.3) is 0 Å². The highest BCUT2D eigenvalue weighted by molar-refractivity contribution is 6.34. The van der Waals surface area contributed by atoms with Crippen molar-refractivity contribution in [2.24, 2.45) is 5.92 Å². The molecule has 1 heterocycles. The van der Waals surface area contributed by atoms with Gasteiger partial charge in [0.05, 0.1) is 22.7 Å². The average Bonchev–Trinajstić information content (AvgIpc) is 2.97. The van der Waals surface area contributed by atoms with Gasteiger partial charge in [0.2, 0.25) is 11.8 Å². The van der Waals surface area contributed by atoms with Crippen LogP contribution in [0.5, 0.6) is 0 Å². The van der Waals surface area contributed by atoms with E-state index in [-0.39, 0.29) is 24.3 Å². The maximum absolute atomic E-state index is 12.6. The van der Waals surface area contributed by atoms with Crippen molar-refractivity contribution in [3.8, 4) is 0 Å². The fraction of sp³-hybridized carbons (Fsp3) is 0.263. The van der Waals surface area contributed by atoms with E-state index in [1.165, 1.54) is 0 Å². The smallest absolute Gasteiger partial charge is 0.227 e. The minimum atomic E-state index is -0.398. The first-order valence-electron chi connectivity index (χ1n) is 8.06. The van der Waals surface area contributed by atoms with Gasteiger partial charge < -0.3 is 10.2 Å². The van der Waals surface area contributed by atoms with Crippen LogP contribution >= 0.6 is 23.2 Å². The summed E-state index contributed by atoms with van der Waals surface area (Å²) in [5.74, 6) is -0.635. The third-order valence-electron chi connectivity index (χ3n) is 4.35. The van der Waals surface area contributed by atoms with Gasteiger partial charge in [-0.1, -0.05) is 47.5 Å². The lowest BCUT2D eigenvalue weighted by atomic mass is 10.1. The van der Waals surface area contributed by atoms with Crippen LogP contribution in [0.3, 0.4) is 0 Å². The number of carbonyl (C=O) groups excluding carboxylic acids is 2. The van der Waals surface area contributed by atoms with E-state index >= 15 is 0 Å². The van der Waals surface area contributed by atoms with E-state index < -0.39 is 5.92 Å². The highest BCUT2D eigenvalue weighted by Crippen LogP contribution is 2.31. The molecule has 2 unspecified atom stereocenters. The molecule has 6 heteroatoms. The highest BCUT2D eigenvalue weighted by Gasteiger charge is 2.36.